The van der Waals surface area contributed by atoms with Gasteiger partial charge in [-0.3, -0.25) is 4.79 Å². The Morgan fingerprint density at radius 3 is 2.54 bits per heavy atom. The highest BCUT2D eigenvalue weighted by molar-refractivity contribution is 5.80. The van der Waals surface area contributed by atoms with Crippen LogP contribution in [0.1, 0.15) is 38.2 Å². The minimum absolute atomic E-state index is 0.0339. The number of amides is 1. The summed E-state index contributed by atoms with van der Waals surface area (Å²) in [7, 11) is 0. The first kappa shape index (κ1) is 28.8. The Kier molecular flexibility index (Phi) is 8.78. The molecule has 1 amide bonds. The van der Waals surface area contributed by atoms with Gasteiger partial charge in [-0.25, -0.2) is 18.2 Å². The predicted octanol–water partition coefficient (Wildman–Crippen LogP) is 3.70. The molecule has 2 aromatic carbocycles. The lowest BCUT2D eigenvalue weighted by atomic mass is 9.82. The summed E-state index contributed by atoms with van der Waals surface area (Å²) in [4.78, 5) is 19.6. The van der Waals surface area contributed by atoms with Crippen molar-refractivity contribution in [3.05, 3.63) is 77.8 Å². The van der Waals surface area contributed by atoms with Crippen LogP contribution in [0.5, 0.6) is 0 Å². The molecule has 0 spiro atoms. The summed E-state index contributed by atoms with van der Waals surface area (Å²) in [5.41, 5.74) is -0.0343. The fourth-order valence-corrected chi connectivity index (χ4v) is 5.07. The molecule has 4 atom stereocenters. The van der Waals surface area contributed by atoms with Gasteiger partial charge in [-0.05, 0) is 30.7 Å². The molecule has 210 valence electrons. The van der Waals surface area contributed by atoms with Crippen molar-refractivity contribution in [2.45, 2.75) is 45.6 Å². The van der Waals surface area contributed by atoms with Gasteiger partial charge in [0.15, 0.2) is 0 Å². The molecule has 1 aromatic heterocycles. The molecule has 1 saturated heterocycles. The molecule has 39 heavy (non-hydrogen) atoms. The molecule has 1 aliphatic heterocycles. The average Bonchev–Trinajstić information content (AvgIpc) is 3.50. The second-order valence-electron chi connectivity index (χ2n) is 10.9. The SMILES string of the molecule is CC(O)C(=O)N(CC1CNCC1F)C(c1nc(-c2cc(F)ccc2F)cn1Cc1ccccc1)C(C)(C)CO. The van der Waals surface area contributed by atoms with Crippen LogP contribution in [-0.2, 0) is 11.3 Å². The largest absolute Gasteiger partial charge is 0.396 e. The van der Waals surface area contributed by atoms with E-state index in [0.717, 1.165) is 23.8 Å². The summed E-state index contributed by atoms with van der Waals surface area (Å²) in [6, 6.07) is 11.6. The van der Waals surface area contributed by atoms with Crippen molar-refractivity contribution >= 4 is 5.91 Å². The van der Waals surface area contributed by atoms with Gasteiger partial charge in [-0.1, -0.05) is 44.2 Å². The summed E-state index contributed by atoms with van der Waals surface area (Å²) in [5, 5.41) is 23.8. The summed E-state index contributed by atoms with van der Waals surface area (Å²) < 4.78 is 45.4. The van der Waals surface area contributed by atoms with Crippen molar-refractivity contribution in [3.8, 4) is 11.3 Å². The molecule has 3 aromatic rings. The number of nitrogens with zero attached hydrogens (tertiary/aromatic N) is 3. The van der Waals surface area contributed by atoms with Gasteiger partial charge in [0.1, 0.15) is 29.7 Å². The van der Waals surface area contributed by atoms with Crippen molar-refractivity contribution in [1.29, 1.82) is 0 Å². The van der Waals surface area contributed by atoms with Gasteiger partial charge in [0, 0.05) is 49.3 Å². The van der Waals surface area contributed by atoms with E-state index in [1.807, 2.05) is 30.3 Å². The monoisotopic (exact) mass is 544 g/mol. The van der Waals surface area contributed by atoms with Gasteiger partial charge in [0.2, 0.25) is 0 Å². The Morgan fingerprint density at radius 2 is 1.92 bits per heavy atom. The maximum atomic E-state index is 14.8. The minimum Gasteiger partial charge on any atom is -0.396 e. The van der Waals surface area contributed by atoms with Crippen molar-refractivity contribution in [2.75, 3.05) is 26.2 Å². The first-order valence-corrected chi connectivity index (χ1v) is 13.0. The zero-order valence-electron chi connectivity index (χ0n) is 22.3. The predicted molar refractivity (Wildman–Crippen MR) is 141 cm³/mol. The summed E-state index contributed by atoms with van der Waals surface area (Å²) in [6.07, 6.45) is -1.01. The Balaban J connectivity index is 1.91. The van der Waals surface area contributed by atoms with E-state index in [0.29, 0.717) is 12.4 Å². The fraction of sp³-hybridized carbons (Fsp3) is 0.448. The van der Waals surface area contributed by atoms with Crippen molar-refractivity contribution in [2.24, 2.45) is 11.3 Å². The summed E-state index contributed by atoms with van der Waals surface area (Å²) in [6.45, 7) is 5.19. The highest BCUT2D eigenvalue weighted by Crippen LogP contribution is 2.40. The van der Waals surface area contributed by atoms with Gasteiger partial charge in [0.05, 0.1) is 18.3 Å². The van der Waals surface area contributed by atoms with Crippen molar-refractivity contribution in [3.63, 3.8) is 0 Å². The highest BCUT2D eigenvalue weighted by Gasteiger charge is 2.44. The lowest BCUT2D eigenvalue weighted by Crippen LogP contribution is -2.50. The van der Waals surface area contributed by atoms with Crippen molar-refractivity contribution in [1.82, 2.24) is 19.8 Å². The van der Waals surface area contributed by atoms with Crippen LogP contribution >= 0.6 is 0 Å². The Bertz CT molecular complexity index is 1280. The number of aliphatic hydroxyl groups excluding tert-OH is 2. The van der Waals surface area contributed by atoms with Crippen molar-refractivity contribution < 1.29 is 28.2 Å². The molecule has 4 rings (SSSR count). The quantitative estimate of drug-likeness (QED) is 0.362. The fourth-order valence-electron chi connectivity index (χ4n) is 5.07. The molecule has 0 radical (unpaired) electrons. The molecule has 4 unspecified atom stereocenters. The van der Waals surface area contributed by atoms with E-state index >= 15 is 0 Å². The summed E-state index contributed by atoms with van der Waals surface area (Å²) in [5.74, 6) is -2.19. The molecule has 0 saturated carbocycles. The number of carbonyl (C=O) groups is 1. The number of rotatable bonds is 10. The Hall–Kier alpha value is -3.21. The van der Waals surface area contributed by atoms with Crippen LogP contribution in [0.2, 0.25) is 0 Å². The van der Waals surface area contributed by atoms with Crippen LogP contribution in [0.25, 0.3) is 11.3 Å². The molecule has 10 heteroatoms. The smallest absolute Gasteiger partial charge is 0.251 e. The molecule has 7 nitrogen and oxygen atoms in total. The Labute approximate surface area is 226 Å². The van der Waals surface area contributed by atoms with Gasteiger partial charge in [-0.15, -0.1) is 0 Å². The number of hydrogen-bond donors (Lipinski definition) is 3. The number of halogens is 3. The van der Waals surface area contributed by atoms with E-state index < -0.39 is 47.2 Å². The van der Waals surface area contributed by atoms with Crippen LogP contribution in [0.15, 0.2) is 54.7 Å². The lowest BCUT2D eigenvalue weighted by Gasteiger charge is -2.42. The second kappa shape index (κ2) is 11.9. The number of alkyl halides is 1. The average molecular weight is 545 g/mol. The third kappa shape index (κ3) is 6.34. The third-order valence-corrected chi connectivity index (χ3v) is 7.24. The van der Waals surface area contributed by atoms with Crippen LogP contribution < -0.4 is 5.32 Å². The molecule has 1 fully saturated rings. The molecular formula is C29H35F3N4O3. The van der Waals surface area contributed by atoms with Crippen LogP contribution in [-0.4, -0.2) is 69.1 Å². The minimum atomic E-state index is -1.40. The van der Waals surface area contributed by atoms with Crippen LogP contribution in [0, 0.1) is 23.0 Å². The summed E-state index contributed by atoms with van der Waals surface area (Å²) >= 11 is 0. The van der Waals surface area contributed by atoms with E-state index in [4.69, 9.17) is 4.98 Å². The van der Waals surface area contributed by atoms with Crippen LogP contribution in [0.3, 0.4) is 0 Å². The molecule has 0 bridgehead atoms. The van der Waals surface area contributed by atoms with E-state index in [2.05, 4.69) is 5.32 Å². The zero-order valence-corrected chi connectivity index (χ0v) is 22.3. The lowest BCUT2D eigenvalue weighted by molar-refractivity contribution is -0.147. The van der Waals surface area contributed by atoms with E-state index in [9.17, 15) is 28.2 Å². The molecule has 1 aliphatic rings. The van der Waals surface area contributed by atoms with E-state index in [1.165, 1.54) is 11.8 Å². The topological polar surface area (TPSA) is 90.6 Å². The molecule has 0 aliphatic carbocycles. The maximum absolute atomic E-state index is 14.8. The molecular weight excluding hydrogens is 509 g/mol. The number of carbonyl (C=O) groups excluding carboxylic acids is 1. The number of aromatic nitrogens is 2. The number of benzene rings is 2. The number of aliphatic hydroxyl groups is 2. The molecule has 2 heterocycles. The first-order valence-electron chi connectivity index (χ1n) is 13.0. The standard InChI is InChI=1S/C29H35F3N4O3/c1-18(38)28(39)36(15-20-12-33-13-24(20)32)26(29(2,3)17-37)27-34-25(22-11-21(30)9-10-23(22)31)16-35(27)14-19-7-5-4-6-8-19/h4-11,16,18,20,24,26,33,37-38H,12-15,17H2,1-3H3. The molecule has 3 N–H and O–H groups in total. The highest BCUT2D eigenvalue weighted by atomic mass is 19.1. The maximum Gasteiger partial charge on any atom is 0.251 e. The first-order chi connectivity index (χ1) is 18.5. The Morgan fingerprint density at radius 1 is 1.21 bits per heavy atom. The van der Waals surface area contributed by atoms with Crippen LogP contribution in [0.4, 0.5) is 13.2 Å². The number of nitrogens with one attached hydrogen (secondary N) is 1. The normalized spacial score (nSPS) is 19.2. The van der Waals surface area contributed by atoms with Gasteiger partial charge < -0.3 is 25.0 Å². The van der Waals surface area contributed by atoms with E-state index in [1.54, 1.807) is 24.6 Å². The van der Waals surface area contributed by atoms with Gasteiger partial charge in [0.25, 0.3) is 5.91 Å². The van der Waals surface area contributed by atoms with Gasteiger partial charge >= 0.3 is 0 Å². The number of imidazole rings is 1. The zero-order chi connectivity index (χ0) is 28.3. The van der Waals surface area contributed by atoms with Gasteiger partial charge in [-0.2, -0.15) is 0 Å². The third-order valence-electron chi connectivity index (χ3n) is 7.24. The van der Waals surface area contributed by atoms with E-state index in [-0.39, 0.29) is 37.5 Å². The number of hydrogen-bond acceptors (Lipinski definition) is 5. The second-order valence-corrected chi connectivity index (χ2v) is 10.9.